The number of thiophene rings is 1. The number of hydrogen-bond donors (Lipinski definition) is 1. The lowest BCUT2D eigenvalue weighted by Gasteiger charge is -2.33. The van der Waals surface area contributed by atoms with Crippen LogP contribution in [0.5, 0.6) is 5.75 Å². The maximum Gasteiger partial charge on any atom is 0.248 e. The van der Waals surface area contributed by atoms with Crippen LogP contribution in [0.4, 0.5) is 10.1 Å². The van der Waals surface area contributed by atoms with E-state index in [-0.39, 0.29) is 24.3 Å². The zero-order chi connectivity index (χ0) is 23.9. The third-order valence-electron chi connectivity index (χ3n) is 6.17. The summed E-state index contributed by atoms with van der Waals surface area (Å²) in [6, 6.07) is 15.9. The molecule has 2 aromatic carbocycles. The van der Waals surface area contributed by atoms with Gasteiger partial charge in [0.2, 0.25) is 11.8 Å². The van der Waals surface area contributed by atoms with Gasteiger partial charge in [0.1, 0.15) is 17.6 Å². The van der Waals surface area contributed by atoms with Gasteiger partial charge in [-0.25, -0.2) is 4.39 Å². The van der Waals surface area contributed by atoms with E-state index < -0.39 is 11.9 Å². The van der Waals surface area contributed by atoms with Gasteiger partial charge in [0, 0.05) is 16.6 Å². The standard InChI is InChI=1S/C27H29FN2O3S/c1-33-23-15-9-19(10-16-23)26(27(32)29-21-6-3-2-4-7-21)30(22-13-11-20(28)12-14-22)25(31)18-24-8-5-17-34-24/h5,8-17,21,26H,2-4,6-7,18H2,1H3,(H,29,32). The van der Waals surface area contributed by atoms with E-state index in [9.17, 15) is 14.0 Å². The second kappa shape index (κ2) is 11.3. The molecule has 1 atom stereocenters. The van der Waals surface area contributed by atoms with E-state index in [2.05, 4.69) is 5.32 Å². The second-order valence-corrected chi connectivity index (χ2v) is 9.55. The topological polar surface area (TPSA) is 58.6 Å². The summed E-state index contributed by atoms with van der Waals surface area (Å²) >= 11 is 1.49. The van der Waals surface area contributed by atoms with Crippen molar-refractivity contribution in [2.45, 2.75) is 50.6 Å². The largest absolute Gasteiger partial charge is 0.497 e. The van der Waals surface area contributed by atoms with Crippen LogP contribution in [0.3, 0.4) is 0 Å². The Balaban J connectivity index is 1.73. The Hall–Kier alpha value is -3.19. The molecular weight excluding hydrogens is 451 g/mol. The first kappa shape index (κ1) is 24.0. The molecule has 3 aromatic rings. The number of methoxy groups -OCH3 is 1. The van der Waals surface area contributed by atoms with Crippen LogP contribution in [0, 0.1) is 5.82 Å². The number of rotatable bonds is 8. The van der Waals surface area contributed by atoms with Crippen LogP contribution < -0.4 is 15.0 Å². The number of benzene rings is 2. The Bertz CT molecular complexity index is 1080. The summed E-state index contributed by atoms with van der Waals surface area (Å²) in [5.41, 5.74) is 1.14. The number of anilines is 1. The van der Waals surface area contributed by atoms with Crippen molar-refractivity contribution in [3.8, 4) is 5.75 Å². The highest BCUT2D eigenvalue weighted by Crippen LogP contribution is 2.31. The minimum Gasteiger partial charge on any atom is -0.497 e. The first-order valence-electron chi connectivity index (χ1n) is 11.6. The molecule has 1 aromatic heterocycles. The first-order valence-corrected chi connectivity index (χ1v) is 12.5. The van der Waals surface area contributed by atoms with E-state index in [0.29, 0.717) is 17.0 Å². The van der Waals surface area contributed by atoms with Gasteiger partial charge in [-0.05, 0) is 66.2 Å². The van der Waals surface area contributed by atoms with Crippen molar-refractivity contribution < 1.29 is 18.7 Å². The summed E-state index contributed by atoms with van der Waals surface area (Å²) in [5, 5.41) is 5.10. The normalized spacial score (nSPS) is 14.9. The average molecular weight is 481 g/mol. The zero-order valence-electron chi connectivity index (χ0n) is 19.2. The van der Waals surface area contributed by atoms with E-state index >= 15 is 0 Å². The smallest absolute Gasteiger partial charge is 0.248 e. The molecule has 1 saturated carbocycles. The zero-order valence-corrected chi connectivity index (χ0v) is 20.0. The van der Waals surface area contributed by atoms with Crippen LogP contribution in [-0.4, -0.2) is 25.0 Å². The molecule has 0 saturated heterocycles. The van der Waals surface area contributed by atoms with Crippen molar-refractivity contribution in [1.29, 1.82) is 0 Å². The van der Waals surface area contributed by atoms with E-state index in [0.717, 1.165) is 30.6 Å². The van der Waals surface area contributed by atoms with Crippen molar-refractivity contribution in [3.05, 3.63) is 82.3 Å². The Morgan fingerprint density at radius 1 is 1.06 bits per heavy atom. The van der Waals surface area contributed by atoms with E-state index in [1.807, 2.05) is 17.5 Å². The number of nitrogens with one attached hydrogen (secondary N) is 1. The lowest BCUT2D eigenvalue weighted by molar-refractivity contribution is -0.127. The van der Waals surface area contributed by atoms with E-state index in [4.69, 9.17) is 4.74 Å². The number of carbonyl (C=O) groups excluding carboxylic acids is 2. The van der Waals surface area contributed by atoms with Gasteiger partial charge >= 0.3 is 0 Å². The molecule has 0 aliphatic heterocycles. The van der Waals surface area contributed by atoms with Gasteiger partial charge < -0.3 is 10.1 Å². The second-order valence-electron chi connectivity index (χ2n) is 8.52. The van der Waals surface area contributed by atoms with Crippen LogP contribution >= 0.6 is 11.3 Å². The predicted molar refractivity (Wildman–Crippen MR) is 133 cm³/mol. The molecule has 7 heteroatoms. The van der Waals surface area contributed by atoms with Crippen molar-refractivity contribution in [3.63, 3.8) is 0 Å². The summed E-state index contributed by atoms with van der Waals surface area (Å²) < 4.78 is 19.0. The number of ether oxygens (including phenoxy) is 1. The molecule has 5 nitrogen and oxygen atoms in total. The van der Waals surface area contributed by atoms with Crippen LogP contribution in [0.2, 0.25) is 0 Å². The van der Waals surface area contributed by atoms with Gasteiger partial charge in [-0.3, -0.25) is 14.5 Å². The molecule has 34 heavy (non-hydrogen) atoms. The molecule has 0 spiro atoms. The number of amides is 2. The predicted octanol–water partition coefficient (Wildman–Crippen LogP) is 5.66. The monoisotopic (exact) mass is 480 g/mol. The lowest BCUT2D eigenvalue weighted by Crippen LogP contribution is -2.47. The van der Waals surface area contributed by atoms with E-state index in [1.165, 1.54) is 34.8 Å². The molecule has 0 bridgehead atoms. The van der Waals surface area contributed by atoms with Crippen molar-refractivity contribution in [1.82, 2.24) is 5.32 Å². The third-order valence-corrected chi connectivity index (χ3v) is 7.05. The van der Waals surface area contributed by atoms with Gasteiger partial charge in [0.15, 0.2) is 0 Å². The summed E-state index contributed by atoms with van der Waals surface area (Å²) in [6.45, 7) is 0. The molecule has 1 N–H and O–H groups in total. The molecule has 1 aliphatic rings. The quantitative estimate of drug-likeness (QED) is 0.453. The van der Waals surface area contributed by atoms with Crippen LogP contribution in [0.1, 0.15) is 48.6 Å². The molecule has 1 fully saturated rings. The van der Waals surface area contributed by atoms with Crippen molar-refractivity contribution >= 4 is 28.8 Å². The highest BCUT2D eigenvalue weighted by Gasteiger charge is 2.34. The molecule has 1 aliphatic carbocycles. The lowest BCUT2D eigenvalue weighted by atomic mass is 9.94. The molecule has 4 rings (SSSR count). The van der Waals surface area contributed by atoms with Crippen LogP contribution in [0.15, 0.2) is 66.0 Å². The van der Waals surface area contributed by atoms with Gasteiger partial charge in [-0.2, -0.15) is 0 Å². The molecular formula is C27H29FN2O3S. The maximum absolute atomic E-state index is 13.7. The number of nitrogens with zero attached hydrogens (tertiary/aromatic N) is 1. The third kappa shape index (κ3) is 5.83. The molecule has 0 radical (unpaired) electrons. The summed E-state index contributed by atoms with van der Waals surface area (Å²) in [4.78, 5) is 29.8. The highest BCUT2D eigenvalue weighted by molar-refractivity contribution is 7.10. The van der Waals surface area contributed by atoms with Gasteiger partial charge in [-0.1, -0.05) is 37.5 Å². The molecule has 2 amide bonds. The van der Waals surface area contributed by atoms with Crippen molar-refractivity contribution in [2.24, 2.45) is 0 Å². The van der Waals surface area contributed by atoms with Crippen LogP contribution in [0.25, 0.3) is 0 Å². The van der Waals surface area contributed by atoms with Crippen molar-refractivity contribution in [2.75, 3.05) is 12.0 Å². The Morgan fingerprint density at radius 3 is 2.38 bits per heavy atom. The fraction of sp³-hybridized carbons (Fsp3) is 0.333. The average Bonchev–Trinajstić information content (AvgIpc) is 3.37. The number of carbonyl (C=O) groups is 2. The summed E-state index contributed by atoms with van der Waals surface area (Å²) in [5.74, 6) is -0.204. The maximum atomic E-state index is 13.7. The summed E-state index contributed by atoms with van der Waals surface area (Å²) in [6.07, 6.45) is 5.35. The van der Waals surface area contributed by atoms with Gasteiger partial charge in [0.05, 0.1) is 13.5 Å². The van der Waals surface area contributed by atoms with E-state index in [1.54, 1.807) is 43.5 Å². The fourth-order valence-electron chi connectivity index (χ4n) is 4.42. The Morgan fingerprint density at radius 2 is 1.76 bits per heavy atom. The highest BCUT2D eigenvalue weighted by atomic mass is 32.1. The molecule has 1 heterocycles. The number of halogens is 1. The Kier molecular flexibility index (Phi) is 7.95. The Labute approximate surface area is 203 Å². The minimum atomic E-state index is -0.897. The first-order chi connectivity index (χ1) is 16.5. The van der Waals surface area contributed by atoms with Gasteiger partial charge in [0.25, 0.3) is 0 Å². The summed E-state index contributed by atoms with van der Waals surface area (Å²) in [7, 11) is 1.58. The molecule has 1 unspecified atom stereocenters. The van der Waals surface area contributed by atoms with Gasteiger partial charge in [-0.15, -0.1) is 11.3 Å². The minimum absolute atomic E-state index is 0.0875. The SMILES string of the molecule is COc1ccc(C(C(=O)NC2CCCCC2)N(C(=O)Cc2cccs2)c2ccc(F)cc2)cc1. The fourth-order valence-corrected chi connectivity index (χ4v) is 5.11. The number of hydrogen-bond acceptors (Lipinski definition) is 4. The van der Waals surface area contributed by atoms with Crippen LogP contribution in [-0.2, 0) is 16.0 Å². The molecule has 178 valence electrons.